The molecule has 0 aromatic carbocycles. The molecule has 1 N–H and O–H groups in total. The van der Waals surface area contributed by atoms with Crippen LogP contribution in [0.2, 0.25) is 0 Å². The number of carbonyl (C=O) groups is 2. The second-order valence-electron chi connectivity index (χ2n) is 7.10. The second kappa shape index (κ2) is 7.86. The van der Waals surface area contributed by atoms with E-state index in [9.17, 15) is 9.59 Å². The molecule has 3 heterocycles. The summed E-state index contributed by atoms with van der Waals surface area (Å²) in [4.78, 5) is 30.0. The maximum Gasteiger partial charge on any atom is 0.317 e. The van der Waals surface area contributed by atoms with Crippen molar-refractivity contribution < 1.29 is 14.1 Å². The first-order chi connectivity index (χ1) is 12.0. The fourth-order valence-corrected chi connectivity index (χ4v) is 3.39. The number of hydrogen-bond donors (Lipinski definition) is 1. The highest BCUT2D eigenvalue weighted by Gasteiger charge is 2.28. The summed E-state index contributed by atoms with van der Waals surface area (Å²) in [6.07, 6.45) is 4.17. The quantitative estimate of drug-likeness (QED) is 0.882. The molecule has 25 heavy (non-hydrogen) atoms. The van der Waals surface area contributed by atoms with E-state index in [4.69, 9.17) is 4.52 Å². The van der Waals surface area contributed by atoms with E-state index in [1.807, 2.05) is 0 Å². The Balaban J connectivity index is 1.56. The molecule has 1 aromatic heterocycles. The summed E-state index contributed by atoms with van der Waals surface area (Å²) < 4.78 is 5.35. The third-order valence-corrected chi connectivity index (χ3v) is 4.80. The van der Waals surface area contributed by atoms with Gasteiger partial charge in [0.05, 0.1) is 6.54 Å². The number of piperidine rings is 1. The Kier molecular flexibility index (Phi) is 5.57. The summed E-state index contributed by atoms with van der Waals surface area (Å²) in [5, 5.41) is 6.91. The van der Waals surface area contributed by atoms with Crippen molar-refractivity contribution in [2.75, 3.05) is 40.3 Å². The van der Waals surface area contributed by atoms with Crippen LogP contribution in [0.3, 0.4) is 0 Å². The predicted octanol–water partition coefficient (Wildman–Crippen LogP) is 1.15. The molecule has 8 heteroatoms. The van der Waals surface area contributed by atoms with Crippen molar-refractivity contribution in [2.45, 2.75) is 38.3 Å². The molecule has 0 bridgehead atoms. The number of rotatable bonds is 4. The highest BCUT2D eigenvalue weighted by molar-refractivity contribution is 5.92. The highest BCUT2D eigenvalue weighted by Crippen LogP contribution is 2.17. The molecule has 0 spiro atoms. The van der Waals surface area contributed by atoms with Crippen LogP contribution in [-0.2, 0) is 6.54 Å². The van der Waals surface area contributed by atoms with Gasteiger partial charge in [-0.05, 0) is 38.8 Å². The van der Waals surface area contributed by atoms with Gasteiger partial charge in [-0.1, -0.05) is 5.16 Å². The largest absolute Gasteiger partial charge is 0.359 e. The van der Waals surface area contributed by atoms with Crippen LogP contribution in [-0.4, -0.2) is 78.1 Å². The fraction of sp³-hybridized carbons (Fsp3) is 0.706. The molecule has 0 aliphatic carbocycles. The normalized spacial score (nSPS) is 21.4. The third kappa shape index (κ3) is 4.50. The predicted molar refractivity (Wildman–Crippen MR) is 92.2 cm³/mol. The van der Waals surface area contributed by atoms with Gasteiger partial charge in [-0.25, -0.2) is 4.79 Å². The number of carbonyl (C=O) groups excluding carboxylic acids is 2. The molecule has 1 aromatic rings. The van der Waals surface area contributed by atoms with Gasteiger partial charge in [0.1, 0.15) is 0 Å². The van der Waals surface area contributed by atoms with Crippen LogP contribution >= 0.6 is 0 Å². The molecule has 8 nitrogen and oxygen atoms in total. The highest BCUT2D eigenvalue weighted by atomic mass is 16.5. The first-order valence-corrected chi connectivity index (χ1v) is 8.98. The molecule has 2 aliphatic heterocycles. The number of urea groups is 1. The summed E-state index contributed by atoms with van der Waals surface area (Å²) in [6, 6.07) is 1.60. The SMILES string of the molecule is CN(C)C(=O)NC1CCCN(C(=O)c2cc(CN3CCCC3)on2)C1. The van der Waals surface area contributed by atoms with Gasteiger partial charge >= 0.3 is 6.03 Å². The van der Waals surface area contributed by atoms with Gasteiger partial charge in [-0.15, -0.1) is 0 Å². The minimum absolute atomic E-state index is 0.0245. The average Bonchev–Trinajstić information content (AvgIpc) is 3.27. The van der Waals surface area contributed by atoms with Crippen molar-refractivity contribution in [2.24, 2.45) is 0 Å². The summed E-state index contributed by atoms with van der Waals surface area (Å²) in [5.41, 5.74) is 0.355. The monoisotopic (exact) mass is 349 g/mol. The van der Waals surface area contributed by atoms with E-state index in [0.717, 1.165) is 31.7 Å². The van der Waals surface area contributed by atoms with Crippen molar-refractivity contribution in [3.05, 3.63) is 17.5 Å². The lowest BCUT2D eigenvalue weighted by Crippen LogP contribution is -2.51. The van der Waals surface area contributed by atoms with Crippen LogP contribution in [0.5, 0.6) is 0 Å². The van der Waals surface area contributed by atoms with Crippen LogP contribution < -0.4 is 5.32 Å². The van der Waals surface area contributed by atoms with E-state index >= 15 is 0 Å². The topological polar surface area (TPSA) is 81.9 Å². The molecule has 3 amide bonds. The van der Waals surface area contributed by atoms with Gasteiger partial charge in [0, 0.05) is 39.3 Å². The lowest BCUT2D eigenvalue weighted by molar-refractivity contribution is 0.0685. The number of hydrogen-bond acceptors (Lipinski definition) is 5. The van der Waals surface area contributed by atoms with Gasteiger partial charge in [0.2, 0.25) is 0 Å². The molecule has 1 unspecified atom stereocenters. The maximum absolute atomic E-state index is 12.7. The van der Waals surface area contributed by atoms with E-state index in [0.29, 0.717) is 25.3 Å². The fourth-order valence-electron chi connectivity index (χ4n) is 3.39. The number of amides is 3. The molecule has 2 fully saturated rings. The number of nitrogens with zero attached hydrogens (tertiary/aromatic N) is 4. The van der Waals surface area contributed by atoms with Gasteiger partial charge in [0.15, 0.2) is 11.5 Å². The maximum atomic E-state index is 12.7. The summed E-state index contributed by atoms with van der Waals surface area (Å²) in [6.45, 7) is 4.04. The molecular formula is C17H27N5O3. The Bertz CT molecular complexity index is 609. The smallest absolute Gasteiger partial charge is 0.317 e. The van der Waals surface area contributed by atoms with Crippen LogP contribution in [0, 0.1) is 0 Å². The van der Waals surface area contributed by atoms with Gasteiger partial charge in [-0.3, -0.25) is 9.69 Å². The molecular weight excluding hydrogens is 322 g/mol. The number of nitrogens with one attached hydrogen (secondary N) is 1. The number of likely N-dealkylation sites (tertiary alicyclic amines) is 2. The Morgan fingerprint density at radius 3 is 2.76 bits per heavy atom. The van der Waals surface area contributed by atoms with Crippen LogP contribution in [0.4, 0.5) is 4.79 Å². The minimum atomic E-state index is -0.131. The standard InChI is InChI=1S/C17H27N5O3/c1-20(2)17(24)18-13-6-5-9-22(11-13)16(23)15-10-14(25-19-15)12-21-7-3-4-8-21/h10,13H,3-9,11-12H2,1-2H3,(H,18,24). The zero-order valence-corrected chi connectivity index (χ0v) is 15.0. The first kappa shape index (κ1) is 17.7. The summed E-state index contributed by atoms with van der Waals surface area (Å²) in [5.74, 6) is 0.611. The lowest BCUT2D eigenvalue weighted by atomic mass is 10.1. The van der Waals surface area contributed by atoms with Crippen molar-refractivity contribution in [3.8, 4) is 0 Å². The van der Waals surface area contributed by atoms with Crippen LogP contribution in [0.15, 0.2) is 10.6 Å². The summed E-state index contributed by atoms with van der Waals surface area (Å²) >= 11 is 0. The van der Waals surface area contributed by atoms with Crippen LogP contribution in [0.1, 0.15) is 41.9 Å². The lowest BCUT2D eigenvalue weighted by Gasteiger charge is -2.33. The van der Waals surface area contributed by atoms with Crippen molar-refractivity contribution in [1.82, 2.24) is 25.2 Å². The van der Waals surface area contributed by atoms with E-state index in [-0.39, 0.29) is 18.0 Å². The van der Waals surface area contributed by atoms with E-state index in [2.05, 4.69) is 15.4 Å². The van der Waals surface area contributed by atoms with Gasteiger partial charge < -0.3 is 19.6 Å². The molecule has 1 atom stereocenters. The zero-order valence-electron chi connectivity index (χ0n) is 15.0. The molecule has 0 radical (unpaired) electrons. The van der Waals surface area contributed by atoms with Crippen molar-refractivity contribution in [3.63, 3.8) is 0 Å². The van der Waals surface area contributed by atoms with Crippen LogP contribution in [0.25, 0.3) is 0 Å². The van der Waals surface area contributed by atoms with E-state index in [1.54, 1.807) is 25.1 Å². The van der Waals surface area contributed by atoms with Gasteiger partial charge in [-0.2, -0.15) is 0 Å². The molecule has 2 saturated heterocycles. The average molecular weight is 349 g/mol. The third-order valence-electron chi connectivity index (χ3n) is 4.80. The van der Waals surface area contributed by atoms with E-state index < -0.39 is 0 Å². The molecule has 3 rings (SSSR count). The van der Waals surface area contributed by atoms with Crippen molar-refractivity contribution >= 4 is 11.9 Å². The second-order valence-corrected chi connectivity index (χ2v) is 7.10. The van der Waals surface area contributed by atoms with Crippen molar-refractivity contribution in [1.29, 1.82) is 0 Å². The zero-order chi connectivity index (χ0) is 17.8. The van der Waals surface area contributed by atoms with E-state index in [1.165, 1.54) is 17.7 Å². The molecule has 2 aliphatic rings. The molecule has 0 saturated carbocycles. The summed E-state index contributed by atoms with van der Waals surface area (Å²) in [7, 11) is 3.41. The molecule has 138 valence electrons. The Labute approximate surface area is 148 Å². The Morgan fingerprint density at radius 1 is 1.28 bits per heavy atom. The van der Waals surface area contributed by atoms with Gasteiger partial charge in [0.25, 0.3) is 5.91 Å². The Hall–Kier alpha value is -2.09. The number of aromatic nitrogens is 1. The first-order valence-electron chi connectivity index (χ1n) is 8.98. The minimum Gasteiger partial charge on any atom is -0.359 e. The Morgan fingerprint density at radius 2 is 2.04 bits per heavy atom.